The zero-order chi connectivity index (χ0) is 17.5. The Kier molecular flexibility index (Phi) is 8.20. The van der Waals surface area contributed by atoms with E-state index in [1.807, 2.05) is 37.3 Å². The molecule has 0 unspecified atom stereocenters. The van der Waals surface area contributed by atoms with Crippen molar-refractivity contribution in [3.05, 3.63) is 59.2 Å². The number of nitrogens with one attached hydrogen (secondary N) is 1. The average molecular weight is 454 g/mol. The molecule has 0 bridgehead atoms. The first-order chi connectivity index (χ1) is 11.4. The number of nitrogens with two attached hydrogens (primary N) is 2. The number of hydrogen-bond donors (Lipinski definition) is 3. The number of benzene rings is 2. The Hall–Kier alpha value is -2.29. The lowest BCUT2D eigenvalue weighted by molar-refractivity contribution is -0.119. The number of ether oxygens (including phenoxy) is 1. The van der Waals surface area contributed by atoms with Crippen molar-refractivity contribution in [3.63, 3.8) is 0 Å². The molecule has 1 amide bonds. The monoisotopic (exact) mass is 454 g/mol. The van der Waals surface area contributed by atoms with Crippen molar-refractivity contribution >= 4 is 41.5 Å². The van der Waals surface area contributed by atoms with Crippen LogP contribution in [-0.2, 0) is 11.3 Å². The molecule has 25 heavy (non-hydrogen) atoms. The third-order valence-electron chi connectivity index (χ3n) is 3.49. The Morgan fingerprint density at radius 1 is 1.12 bits per heavy atom. The van der Waals surface area contributed by atoms with Crippen LogP contribution in [-0.4, -0.2) is 18.5 Å². The number of hydrogen-bond acceptors (Lipinski definition) is 3. The summed E-state index contributed by atoms with van der Waals surface area (Å²) in [5.74, 6) is 0.393. The molecule has 0 aliphatic rings. The van der Waals surface area contributed by atoms with Crippen molar-refractivity contribution in [3.8, 4) is 5.75 Å². The number of primary amides is 1. The van der Waals surface area contributed by atoms with E-state index in [0.29, 0.717) is 18.3 Å². The maximum Gasteiger partial charge on any atom is 0.255 e. The molecule has 2 aromatic rings. The Morgan fingerprint density at radius 3 is 2.56 bits per heavy atom. The summed E-state index contributed by atoms with van der Waals surface area (Å²) in [6.07, 6.45) is 0. The molecule has 6 nitrogen and oxygen atoms in total. The number of anilines is 1. The Labute approximate surface area is 164 Å². The van der Waals surface area contributed by atoms with E-state index in [0.717, 1.165) is 11.3 Å². The molecule has 0 saturated carbocycles. The molecule has 134 valence electrons. The van der Waals surface area contributed by atoms with Crippen LogP contribution in [0.3, 0.4) is 0 Å². The fourth-order valence-electron chi connectivity index (χ4n) is 2.07. The topological polar surface area (TPSA) is 103 Å². The maximum atomic E-state index is 10.7. The van der Waals surface area contributed by atoms with Crippen molar-refractivity contribution in [1.82, 2.24) is 0 Å². The predicted molar refractivity (Wildman–Crippen MR) is 111 cm³/mol. The van der Waals surface area contributed by atoms with Gasteiger partial charge >= 0.3 is 0 Å². The summed E-state index contributed by atoms with van der Waals surface area (Å²) in [5.41, 5.74) is 15.2. The van der Waals surface area contributed by atoms with Crippen molar-refractivity contribution in [2.75, 3.05) is 11.9 Å². The molecule has 0 radical (unpaired) electrons. The van der Waals surface area contributed by atoms with E-state index in [4.69, 9.17) is 16.2 Å². The van der Waals surface area contributed by atoms with E-state index in [2.05, 4.69) is 17.2 Å². The average Bonchev–Trinajstić information content (AvgIpc) is 2.55. The highest BCUT2D eigenvalue weighted by atomic mass is 127. The normalized spacial score (nSPS) is 10.7. The van der Waals surface area contributed by atoms with Gasteiger partial charge in [-0.1, -0.05) is 18.2 Å². The number of nitrogens with zero attached hydrogens (tertiary/aromatic N) is 1. The van der Waals surface area contributed by atoms with Crippen LogP contribution in [0.1, 0.15) is 16.7 Å². The summed E-state index contributed by atoms with van der Waals surface area (Å²) < 4.78 is 5.27. The van der Waals surface area contributed by atoms with Gasteiger partial charge in [-0.25, -0.2) is 4.99 Å². The third kappa shape index (κ3) is 7.00. The molecule has 5 N–H and O–H groups in total. The van der Waals surface area contributed by atoms with Crippen molar-refractivity contribution < 1.29 is 9.53 Å². The molecular weight excluding hydrogens is 431 g/mol. The molecule has 0 fully saturated rings. The maximum absolute atomic E-state index is 10.7. The number of amides is 1. The van der Waals surface area contributed by atoms with E-state index in [1.54, 1.807) is 12.1 Å². The van der Waals surface area contributed by atoms with Crippen LogP contribution in [0.15, 0.2) is 47.5 Å². The van der Waals surface area contributed by atoms with Gasteiger partial charge in [-0.2, -0.15) is 0 Å². The smallest absolute Gasteiger partial charge is 0.255 e. The lowest BCUT2D eigenvalue weighted by atomic mass is 10.1. The molecule has 0 aromatic heterocycles. The van der Waals surface area contributed by atoms with E-state index in [-0.39, 0.29) is 30.6 Å². The van der Waals surface area contributed by atoms with Gasteiger partial charge in [-0.3, -0.25) is 4.79 Å². The zero-order valence-corrected chi connectivity index (χ0v) is 16.6. The highest BCUT2D eigenvalue weighted by Crippen LogP contribution is 2.15. The molecule has 7 heteroatoms. The van der Waals surface area contributed by atoms with Crippen molar-refractivity contribution in [2.45, 2.75) is 20.4 Å². The third-order valence-corrected chi connectivity index (χ3v) is 3.49. The Bertz CT molecular complexity index is 762. The number of rotatable bonds is 6. The second-order valence-corrected chi connectivity index (χ2v) is 5.53. The van der Waals surface area contributed by atoms with Crippen LogP contribution >= 0.6 is 24.0 Å². The Morgan fingerprint density at radius 2 is 1.88 bits per heavy atom. The first-order valence-corrected chi connectivity index (χ1v) is 7.58. The number of halogens is 1. The van der Waals surface area contributed by atoms with Gasteiger partial charge in [0.25, 0.3) is 5.91 Å². The SMILES string of the molecule is Cc1ccc(NC(N)=NCc2cccc(OCC(N)=O)c2)cc1C.I. The lowest BCUT2D eigenvalue weighted by Crippen LogP contribution is -2.22. The van der Waals surface area contributed by atoms with Crippen LogP contribution in [0, 0.1) is 13.8 Å². The van der Waals surface area contributed by atoms with Crippen LogP contribution in [0.4, 0.5) is 5.69 Å². The zero-order valence-electron chi connectivity index (χ0n) is 14.3. The van der Waals surface area contributed by atoms with Crippen LogP contribution in [0.5, 0.6) is 5.75 Å². The van der Waals surface area contributed by atoms with Gasteiger partial charge in [0.1, 0.15) is 5.75 Å². The largest absolute Gasteiger partial charge is 0.484 e. The minimum absolute atomic E-state index is 0. The molecule has 0 atom stereocenters. The van der Waals surface area contributed by atoms with Crippen LogP contribution in [0.2, 0.25) is 0 Å². The molecule has 0 aliphatic heterocycles. The molecule has 0 heterocycles. The van der Waals surface area contributed by atoms with Crippen LogP contribution < -0.4 is 21.5 Å². The van der Waals surface area contributed by atoms with E-state index in [1.165, 1.54) is 11.1 Å². The quantitative estimate of drug-likeness (QED) is 0.355. The van der Waals surface area contributed by atoms with Crippen LogP contribution in [0.25, 0.3) is 0 Å². The molecule has 2 rings (SSSR count). The summed E-state index contributed by atoms with van der Waals surface area (Å²) in [6.45, 7) is 4.36. The summed E-state index contributed by atoms with van der Waals surface area (Å²) in [4.78, 5) is 15.1. The minimum Gasteiger partial charge on any atom is -0.484 e. The van der Waals surface area contributed by atoms with Gasteiger partial charge < -0.3 is 21.5 Å². The van der Waals surface area contributed by atoms with E-state index < -0.39 is 5.91 Å². The van der Waals surface area contributed by atoms with Gasteiger partial charge in [0, 0.05) is 5.69 Å². The fraction of sp³-hybridized carbons (Fsp3) is 0.222. The summed E-state index contributed by atoms with van der Waals surface area (Å²) in [7, 11) is 0. The van der Waals surface area contributed by atoms with Gasteiger partial charge in [-0.15, -0.1) is 24.0 Å². The molecule has 0 saturated heterocycles. The highest BCUT2D eigenvalue weighted by molar-refractivity contribution is 14.0. The minimum atomic E-state index is -0.514. The van der Waals surface area contributed by atoms with E-state index >= 15 is 0 Å². The fourth-order valence-corrected chi connectivity index (χ4v) is 2.07. The molecule has 2 aromatic carbocycles. The predicted octanol–water partition coefficient (Wildman–Crippen LogP) is 2.71. The van der Waals surface area contributed by atoms with Crippen molar-refractivity contribution in [2.24, 2.45) is 16.5 Å². The molecule has 0 spiro atoms. The lowest BCUT2D eigenvalue weighted by Gasteiger charge is -2.08. The van der Waals surface area contributed by atoms with E-state index in [9.17, 15) is 4.79 Å². The second kappa shape index (κ2) is 9.87. The number of guanidine groups is 1. The van der Waals surface area contributed by atoms with Gasteiger partial charge in [-0.05, 0) is 54.8 Å². The number of aliphatic imine (C=N–C) groups is 1. The molecule has 0 aliphatic carbocycles. The number of carbonyl (C=O) groups is 1. The number of carbonyl (C=O) groups excluding carboxylic acids is 1. The highest BCUT2D eigenvalue weighted by Gasteiger charge is 2.01. The second-order valence-electron chi connectivity index (χ2n) is 5.53. The number of aryl methyl sites for hydroxylation is 2. The standard InChI is InChI=1S/C18H22N4O2.HI/c1-12-6-7-15(8-13(12)2)22-18(20)21-10-14-4-3-5-16(9-14)24-11-17(19)23;/h3-9H,10-11H2,1-2H3,(H2,19,23)(H3,20,21,22);1H. The van der Waals surface area contributed by atoms with Gasteiger partial charge in [0.15, 0.2) is 12.6 Å². The first kappa shape index (κ1) is 20.8. The summed E-state index contributed by atoms with van der Waals surface area (Å²) >= 11 is 0. The van der Waals surface area contributed by atoms with Gasteiger partial charge in [0.2, 0.25) is 0 Å². The van der Waals surface area contributed by atoms with Gasteiger partial charge in [0.05, 0.1) is 6.54 Å². The summed E-state index contributed by atoms with van der Waals surface area (Å²) in [6, 6.07) is 13.3. The molecular formula is C18H23IN4O2. The van der Waals surface area contributed by atoms with Crippen molar-refractivity contribution in [1.29, 1.82) is 0 Å². The summed E-state index contributed by atoms with van der Waals surface area (Å²) in [5, 5.41) is 3.07. The Balaban J connectivity index is 0.00000312. The first-order valence-electron chi connectivity index (χ1n) is 7.58.